The second kappa shape index (κ2) is 10.1. The highest BCUT2D eigenvalue weighted by atomic mass is 32.2. The van der Waals surface area contributed by atoms with Crippen LogP contribution in [0, 0.1) is 6.92 Å². The summed E-state index contributed by atoms with van der Waals surface area (Å²) in [5.41, 5.74) is 3.47. The Balaban J connectivity index is 1.42. The van der Waals surface area contributed by atoms with E-state index >= 15 is 0 Å². The first-order valence-corrected chi connectivity index (χ1v) is 12.7. The number of carbonyl (C=O) groups is 2. The van der Waals surface area contributed by atoms with Crippen molar-refractivity contribution in [3.8, 4) is 5.69 Å². The lowest BCUT2D eigenvalue weighted by molar-refractivity contribution is -0.117. The van der Waals surface area contributed by atoms with Crippen molar-refractivity contribution in [1.29, 1.82) is 0 Å². The molecule has 2 amide bonds. The van der Waals surface area contributed by atoms with E-state index in [1.165, 1.54) is 11.8 Å². The maximum atomic E-state index is 13.5. The lowest BCUT2D eigenvalue weighted by atomic mass is 10.2. The predicted octanol–water partition coefficient (Wildman–Crippen LogP) is 3.27. The molecule has 9 nitrogen and oxygen atoms in total. The second-order valence-electron chi connectivity index (χ2n) is 8.72. The molecule has 0 saturated carbocycles. The summed E-state index contributed by atoms with van der Waals surface area (Å²) >= 11 is 1.35. The number of carbonyl (C=O) groups excluding carboxylic acids is 2. The fraction of sp³-hybridized carbons (Fsp3) is 0.360. The molecular weight excluding hydrogens is 464 g/mol. The van der Waals surface area contributed by atoms with E-state index in [0.717, 1.165) is 30.3 Å². The molecule has 2 aromatic carbocycles. The summed E-state index contributed by atoms with van der Waals surface area (Å²) in [5, 5.41) is 12.5. The van der Waals surface area contributed by atoms with Crippen molar-refractivity contribution in [2.45, 2.75) is 31.5 Å². The lowest BCUT2D eigenvalue weighted by Crippen LogP contribution is -2.40. The molecule has 1 atom stereocenters. The molecule has 0 unspecified atom stereocenters. The Morgan fingerprint density at radius 1 is 1.11 bits per heavy atom. The summed E-state index contributed by atoms with van der Waals surface area (Å²) in [4.78, 5) is 29.7. The van der Waals surface area contributed by atoms with Crippen LogP contribution in [0.25, 0.3) is 5.69 Å². The van der Waals surface area contributed by atoms with Crippen LogP contribution in [0.1, 0.15) is 18.9 Å². The molecule has 3 aromatic rings. The Morgan fingerprint density at radius 2 is 1.86 bits per heavy atom. The summed E-state index contributed by atoms with van der Waals surface area (Å²) in [6.07, 6.45) is 0.242. The molecule has 182 valence electrons. The van der Waals surface area contributed by atoms with E-state index in [9.17, 15) is 9.59 Å². The number of nitrogens with zero attached hydrogens (tertiary/aromatic N) is 5. The van der Waals surface area contributed by atoms with Crippen molar-refractivity contribution in [3.63, 3.8) is 0 Å². The SMILES string of the molecule is Cc1ccc(-n2c(SCC(=O)N3c4ccccc4NC(=O)C[C@@H]3C)nnc2N2CCOCC2)cc1. The van der Waals surface area contributed by atoms with Gasteiger partial charge in [-0.3, -0.25) is 14.2 Å². The standard InChI is InChI=1S/C25H28N6O3S/c1-17-7-9-19(10-8-17)31-24(29-11-13-34-14-12-29)27-28-25(31)35-16-23(33)30-18(2)15-22(32)26-20-5-3-4-6-21(20)30/h3-10,18H,11-16H2,1-2H3,(H,26,32)/t18-/m0/s1. The van der Waals surface area contributed by atoms with Crippen LogP contribution in [0.3, 0.4) is 0 Å². The number of hydrogen-bond donors (Lipinski definition) is 1. The summed E-state index contributed by atoms with van der Waals surface area (Å²) in [6.45, 7) is 6.69. The number of morpholine rings is 1. The Kier molecular flexibility index (Phi) is 6.74. The van der Waals surface area contributed by atoms with Gasteiger partial charge < -0.3 is 19.9 Å². The maximum Gasteiger partial charge on any atom is 0.237 e. The number of ether oxygens (including phenoxy) is 1. The Hall–Kier alpha value is -3.37. The molecule has 3 heterocycles. The van der Waals surface area contributed by atoms with Crippen molar-refractivity contribution in [2.24, 2.45) is 0 Å². The molecule has 5 rings (SSSR count). The van der Waals surface area contributed by atoms with Gasteiger partial charge in [0.1, 0.15) is 0 Å². The van der Waals surface area contributed by atoms with Crippen LogP contribution in [0.2, 0.25) is 0 Å². The first-order valence-electron chi connectivity index (χ1n) is 11.7. The number of para-hydroxylation sites is 2. The fourth-order valence-corrected chi connectivity index (χ4v) is 5.21. The number of benzene rings is 2. The number of thioether (sulfide) groups is 1. The molecule has 2 aliphatic heterocycles. The monoisotopic (exact) mass is 492 g/mol. The number of aromatic nitrogens is 3. The van der Waals surface area contributed by atoms with Gasteiger partial charge in [-0.05, 0) is 38.1 Å². The van der Waals surface area contributed by atoms with E-state index in [1.54, 1.807) is 4.90 Å². The normalized spacial score (nSPS) is 18.1. The molecule has 0 radical (unpaired) electrons. The van der Waals surface area contributed by atoms with Crippen LogP contribution in [0.15, 0.2) is 53.7 Å². The van der Waals surface area contributed by atoms with Crippen LogP contribution in [-0.4, -0.2) is 64.7 Å². The molecule has 10 heteroatoms. The quantitative estimate of drug-likeness (QED) is 0.547. The molecule has 35 heavy (non-hydrogen) atoms. The molecule has 2 aliphatic rings. The molecule has 1 N–H and O–H groups in total. The number of hydrogen-bond acceptors (Lipinski definition) is 7. The predicted molar refractivity (Wildman–Crippen MR) is 136 cm³/mol. The van der Waals surface area contributed by atoms with Gasteiger partial charge in [-0.2, -0.15) is 0 Å². The van der Waals surface area contributed by atoms with Crippen LogP contribution in [0.4, 0.5) is 17.3 Å². The van der Waals surface area contributed by atoms with Crippen molar-refractivity contribution in [1.82, 2.24) is 14.8 Å². The van der Waals surface area contributed by atoms with Gasteiger partial charge in [0.2, 0.25) is 17.8 Å². The van der Waals surface area contributed by atoms with Gasteiger partial charge in [0, 0.05) is 25.6 Å². The molecule has 1 fully saturated rings. The van der Waals surface area contributed by atoms with Gasteiger partial charge in [-0.1, -0.05) is 41.6 Å². The van der Waals surface area contributed by atoms with E-state index in [-0.39, 0.29) is 30.0 Å². The molecular formula is C25H28N6O3S. The zero-order chi connectivity index (χ0) is 24.4. The topological polar surface area (TPSA) is 92.6 Å². The first-order chi connectivity index (χ1) is 17.0. The third-order valence-electron chi connectivity index (χ3n) is 6.16. The number of fused-ring (bicyclic) bond motifs is 1. The van der Waals surface area contributed by atoms with Gasteiger partial charge in [0.15, 0.2) is 5.16 Å². The van der Waals surface area contributed by atoms with E-state index in [0.29, 0.717) is 29.7 Å². The molecule has 0 bridgehead atoms. The van der Waals surface area contributed by atoms with Crippen molar-refractivity contribution < 1.29 is 14.3 Å². The Bertz CT molecular complexity index is 1220. The van der Waals surface area contributed by atoms with Crippen LogP contribution < -0.4 is 15.1 Å². The van der Waals surface area contributed by atoms with E-state index < -0.39 is 0 Å². The number of anilines is 3. The lowest BCUT2D eigenvalue weighted by Gasteiger charge is -2.28. The zero-order valence-corrected chi connectivity index (χ0v) is 20.6. The minimum atomic E-state index is -0.259. The molecule has 1 saturated heterocycles. The zero-order valence-electron chi connectivity index (χ0n) is 19.8. The van der Waals surface area contributed by atoms with Gasteiger partial charge in [0.25, 0.3) is 0 Å². The minimum absolute atomic E-state index is 0.0853. The summed E-state index contributed by atoms with van der Waals surface area (Å²) in [7, 11) is 0. The van der Waals surface area contributed by atoms with E-state index in [1.807, 2.05) is 54.8 Å². The summed E-state index contributed by atoms with van der Waals surface area (Å²) in [6, 6.07) is 15.3. The third-order valence-corrected chi connectivity index (χ3v) is 7.07. The van der Waals surface area contributed by atoms with Crippen molar-refractivity contribution in [3.05, 3.63) is 54.1 Å². The highest BCUT2D eigenvalue weighted by Gasteiger charge is 2.30. The second-order valence-corrected chi connectivity index (χ2v) is 9.67. The Labute approximate surface area is 208 Å². The van der Waals surface area contributed by atoms with Crippen LogP contribution in [-0.2, 0) is 14.3 Å². The number of nitrogens with one attached hydrogen (secondary N) is 1. The first kappa shape index (κ1) is 23.4. The fourth-order valence-electron chi connectivity index (χ4n) is 4.41. The Morgan fingerprint density at radius 3 is 2.63 bits per heavy atom. The highest BCUT2D eigenvalue weighted by Crippen LogP contribution is 2.33. The molecule has 0 spiro atoms. The van der Waals surface area contributed by atoms with E-state index in [4.69, 9.17) is 4.74 Å². The van der Waals surface area contributed by atoms with Crippen molar-refractivity contribution >= 4 is 40.9 Å². The van der Waals surface area contributed by atoms with Gasteiger partial charge in [0.05, 0.1) is 36.0 Å². The third kappa shape index (κ3) is 4.89. The minimum Gasteiger partial charge on any atom is -0.378 e. The molecule has 0 aliphatic carbocycles. The van der Waals surface area contributed by atoms with Crippen LogP contribution >= 0.6 is 11.8 Å². The van der Waals surface area contributed by atoms with E-state index in [2.05, 4.69) is 32.5 Å². The smallest absolute Gasteiger partial charge is 0.237 e. The number of aryl methyl sites for hydroxylation is 1. The largest absolute Gasteiger partial charge is 0.378 e. The average Bonchev–Trinajstić information content (AvgIpc) is 3.23. The number of rotatable bonds is 5. The maximum absolute atomic E-state index is 13.5. The number of amides is 2. The molecule has 1 aromatic heterocycles. The van der Waals surface area contributed by atoms with Gasteiger partial charge in [-0.15, -0.1) is 10.2 Å². The average molecular weight is 493 g/mol. The van der Waals surface area contributed by atoms with Crippen molar-refractivity contribution in [2.75, 3.05) is 47.2 Å². The summed E-state index contributed by atoms with van der Waals surface area (Å²) < 4.78 is 7.52. The van der Waals surface area contributed by atoms with Gasteiger partial charge in [-0.25, -0.2) is 0 Å². The highest BCUT2D eigenvalue weighted by molar-refractivity contribution is 7.99. The summed E-state index contributed by atoms with van der Waals surface area (Å²) in [5.74, 6) is 0.732. The van der Waals surface area contributed by atoms with Gasteiger partial charge >= 0.3 is 0 Å². The van der Waals surface area contributed by atoms with Crippen LogP contribution in [0.5, 0.6) is 0 Å².